The van der Waals surface area contributed by atoms with E-state index in [9.17, 15) is 18.4 Å². The second kappa shape index (κ2) is 12.5. The van der Waals surface area contributed by atoms with E-state index in [0.717, 1.165) is 37.0 Å². The molecule has 0 fully saturated rings. The molecule has 0 aliphatic rings. The third-order valence-electron chi connectivity index (χ3n) is 5.22. The van der Waals surface area contributed by atoms with Gasteiger partial charge in [0.15, 0.2) is 5.13 Å². The van der Waals surface area contributed by atoms with Crippen molar-refractivity contribution in [2.24, 2.45) is 5.92 Å². The molecular weight excluding hydrogens is 509 g/mol. The summed E-state index contributed by atoms with van der Waals surface area (Å²) < 4.78 is 54.1. The lowest BCUT2D eigenvalue weighted by molar-refractivity contribution is -0.135. The van der Waals surface area contributed by atoms with Crippen LogP contribution in [0.1, 0.15) is 41.8 Å². The molecule has 1 aromatic heterocycles. The van der Waals surface area contributed by atoms with Crippen LogP contribution in [-0.4, -0.2) is 35.7 Å². The highest BCUT2D eigenvalue weighted by Gasteiger charge is 2.19. The highest BCUT2D eigenvalue weighted by atomic mass is 32.1. The van der Waals surface area contributed by atoms with Crippen LogP contribution >= 0.6 is 11.3 Å². The highest BCUT2D eigenvalue weighted by Crippen LogP contribution is 2.29. The van der Waals surface area contributed by atoms with Crippen LogP contribution in [0.5, 0.6) is 0 Å². The Balaban J connectivity index is 1.75. The minimum Gasteiger partial charge on any atom is -0.490 e. The van der Waals surface area contributed by atoms with Gasteiger partial charge in [0, 0.05) is 40.3 Å². The number of amides is 1. The Bertz CT molecular complexity index is 1300. The van der Waals surface area contributed by atoms with Crippen molar-refractivity contribution in [2.45, 2.75) is 26.9 Å². The SMILES string of the molecule is COC(=Cc1c(F)cc(C(=O)Nc2nc(-c3cccc(COCCC(C)C)c3F)cs2)cc1F)C(=O)O. The molecular formula is C26H25F3N2O5S. The average Bonchev–Trinajstić information content (AvgIpc) is 3.30. The van der Waals surface area contributed by atoms with Gasteiger partial charge in [-0.3, -0.25) is 10.1 Å². The molecule has 0 aliphatic carbocycles. The zero-order valence-corrected chi connectivity index (χ0v) is 21.1. The standard InChI is InChI=1S/C26H25F3N2O5S/c1-14(2)7-8-36-12-15-5-4-6-17(23(15)29)21-13-37-26(30-21)31-24(32)16-9-19(27)18(20(28)10-16)11-22(35-3)25(33)34/h4-6,9-11,13-14H,7-8,12H2,1-3H3,(H,33,34)(H,30,31,32). The largest absolute Gasteiger partial charge is 0.490 e. The fraction of sp³-hybridized carbons (Fsp3) is 0.269. The number of hydrogen-bond donors (Lipinski definition) is 2. The molecule has 11 heteroatoms. The van der Waals surface area contributed by atoms with Crippen molar-refractivity contribution in [1.29, 1.82) is 0 Å². The number of aliphatic carboxylic acids is 1. The Morgan fingerprint density at radius 2 is 1.89 bits per heavy atom. The van der Waals surface area contributed by atoms with Crippen LogP contribution in [0.4, 0.5) is 18.3 Å². The van der Waals surface area contributed by atoms with Crippen molar-refractivity contribution in [3.05, 3.63) is 75.6 Å². The molecule has 0 saturated heterocycles. The molecule has 0 aliphatic heterocycles. The Morgan fingerprint density at radius 1 is 1.19 bits per heavy atom. The number of aromatic nitrogens is 1. The van der Waals surface area contributed by atoms with Crippen molar-refractivity contribution in [2.75, 3.05) is 19.0 Å². The minimum absolute atomic E-state index is 0.0929. The van der Waals surface area contributed by atoms with Crippen LogP contribution < -0.4 is 5.32 Å². The average molecular weight is 535 g/mol. The first-order valence-electron chi connectivity index (χ1n) is 11.2. The number of hydrogen-bond acceptors (Lipinski definition) is 6. The lowest BCUT2D eigenvalue weighted by Crippen LogP contribution is -2.13. The quantitative estimate of drug-likeness (QED) is 0.175. The third-order valence-corrected chi connectivity index (χ3v) is 5.98. The summed E-state index contributed by atoms with van der Waals surface area (Å²) in [6.45, 7) is 4.77. The molecule has 0 saturated carbocycles. The monoisotopic (exact) mass is 534 g/mol. The van der Waals surface area contributed by atoms with Crippen LogP contribution in [0.25, 0.3) is 17.3 Å². The fourth-order valence-corrected chi connectivity index (χ4v) is 3.91. The first-order chi connectivity index (χ1) is 17.6. The summed E-state index contributed by atoms with van der Waals surface area (Å²) in [5.74, 6) is -5.37. The van der Waals surface area contributed by atoms with E-state index in [4.69, 9.17) is 9.84 Å². The van der Waals surface area contributed by atoms with Gasteiger partial charge in [0.2, 0.25) is 5.76 Å². The highest BCUT2D eigenvalue weighted by molar-refractivity contribution is 7.14. The Labute approximate surface area is 215 Å². The van der Waals surface area contributed by atoms with Gasteiger partial charge in [0.1, 0.15) is 17.5 Å². The minimum atomic E-state index is -1.51. The van der Waals surface area contributed by atoms with E-state index in [1.165, 1.54) is 0 Å². The van der Waals surface area contributed by atoms with Gasteiger partial charge in [-0.1, -0.05) is 26.0 Å². The van der Waals surface area contributed by atoms with E-state index < -0.39 is 40.7 Å². The number of anilines is 1. The molecule has 3 rings (SSSR count). The number of carbonyl (C=O) groups excluding carboxylic acids is 1. The Hall–Kier alpha value is -3.70. The maximum absolute atomic E-state index is 15.0. The number of carbonyl (C=O) groups is 2. The van der Waals surface area contributed by atoms with Gasteiger partial charge in [0.05, 0.1) is 19.4 Å². The number of rotatable bonds is 11. The topological polar surface area (TPSA) is 97.8 Å². The summed E-state index contributed by atoms with van der Waals surface area (Å²) in [5, 5.41) is 13.0. The molecule has 7 nitrogen and oxygen atoms in total. The van der Waals surface area contributed by atoms with E-state index >= 15 is 4.39 Å². The number of carboxylic acid groups (broad SMARTS) is 1. The van der Waals surface area contributed by atoms with Crippen molar-refractivity contribution in [3.8, 4) is 11.3 Å². The van der Waals surface area contributed by atoms with Crippen LogP contribution in [0.2, 0.25) is 0 Å². The smallest absolute Gasteiger partial charge is 0.371 e. The maximum atomic E-state index is 15.0. The molecule has 3 aromatic rings. The predicted octanol–water partition coefficient (Wildman–Crippen LogP) is 6.11. The Morgan fingerprint density at radius 3 is 2.51 bits per heavy atom. The molecule has 1 amide bonds. The van der Waals surface area contributed by atoms with Crippen molar-refractivity contribution in [1.82, 2.24) is 4.98 Å². The molecule has 37 heavy (non-hydrogen) atoms. The van der Waals surface area contributed by atoms with Crippen LogP contribution in [0.15, 0.2) is 41.5 Å². The number of nitrogens with one attached hydrogen (secondary N) is 1. The molecule has 1 heterocycles. The van der Waals surface area contributed by atoms with Crippen LogP contribution in [0.3, 0.4) is 0 Å². The first-order valence-corrected chi connectivity index (χ1v) is 12.1. The van der Waals surface area contributed by atoms with Gasteiger partial charge < -0.3 is 14.6 Å². The van der Waals surface area contributed by atoms with E-state index in [0.29, 0.717) is 24.2 Å². The number of methoxy groups -OCH3 is 1. The molecule has 0 atom stereocenters. The summed E-state index contributed by atoms with van der Waals surface area (Å²) in [6.07, 6.45) is 1.54. The van der Waals surface area contributed by atoms with Gasteiger partial charge in [-0.25, -0.2) is 22.9 Å². The first kappa shape index (κ1) is 27.9. The van der Waals surface area contributed by atoms with Gasteiger partial charge in [0.25, 0.3) is 5.91 Å². The second-order valence-electron chi connectivity index (χ2n) is 8.38. The van der Waals surface area contributed by atoms with Crippen molar-refractivity contribution < 1.29 is 37.3 Å². The summed E-state index contributed by atoms with van der Waals surface area (Å²) >= 11 is 1.01. The van der Waals surface area contributed by atoms with Crippen molar-refractivity contribution in [3.63, 3.8) is 0 Å². The van der Waals surface area contributed by atoms with Gasteiger partial charge in [-0.2, -0.15) is 0 Å². The lowest BCUT2D eigenvalue weighted by atomic mass is 10.1. The number of halogens is 3. The Kier molecular flexibility index (Phi) is 9.42. The summed E-state index contributed by atoms with van der Waals surface area (Å²) in [5.41, 5.74) is -0.150. The number of carboxylic acids is 1. The van der Waals surface area contributed by atoms with E-state index in [2.05, 4.69) is 28.9 Å². The van der Waals surface area contributed by atoms with Gasteiger partial charge in [-0.15, -0.1) is 11.3 Å². The molecule has 196 valence electrons. The number of thiazole rings is 1. The van der Waals surface area contributed by atoms with E-state index in [1.807, 2.05) is 0 Å². The van der Waals surface area contributed by atoms with Gasteiger partial charge in [-0.05, 0) is 30.5 Å². The summed E-state index contributed by atoms with van der Waals surface area (Å²) in [4.78, 5) is 27.8. The number of ether oxygens (including phenoxy) is 2. The molecule has 2 aromatic carbocycles. The van der Waals surface area contributed by atoms with E-state index in [-0.39, 0.29) is 28.6 Å². The zero-order valence-electron chi connectivity index (χ0n) is 20.3. The molecule has 0 spiro atoms. The van der Waals surface area contributed by atoms with Gasteiger partial charge >= 0.3 is 5.97 Å². The predicted molar refractivity (Wildman–Crippen MR) is 134 cm³/mol. The second-order valence-corrected chi connectivity index (χ2v) is 9.24. The van der Waals surface area contributed by atoms with E-state index in [1.54, 1.807) is 23.6 Å². The molecule has 0 radical (unpaired) electrons. The maximum Gasteiger partial charge on any atom is 0.371 e. The zero-order chi connectivity index (χ0) is 27.1. The molecule has 0 unspecified atom stereocenters. The van der Waals surface area contributed by atoms with Crippen LogP contribution in [-0.2, 0) is 20.9 Å². The lowest BCUT2D eigenvalue weighted by Gasteiger charge is -2.09. The molecule has 2 N–H and O–H groups in total. The van der Waals surface area contributed by atoms with Crippen LogP contribution in [0, 0.1) is 23.4 Å². The third kappa shape index (κ3) is 7.17. The number of benzene rings is 2. The normalized spacial score (nSPS) is 11.6. The molecule has 0 bridgehead atoms. The number of nitrogens with zero attached hydrogens (tertiary/aromatic N) is 1. The summed E-state index contributed by atoms with van der Waals surface area (Å²) in [6, 6.07) is 6.37. The summed E-state index contributed by atoms with van der Waals surface area (Å²) in [7, 11) is 1.05. The fourth-order valence-electron chi connectivity index (χ4n) is 3.21. The van der Waals surface area contributed by atoms with Crippen molar-refractivity contribution >= 4 is 34.4 Å².